The lowest BCUT2D eigenvalue weighted by Crippen LogP contribution is -2.46. The monoisotopic (exact) mass is 327 g/mol. The molecule has 1 aromatic rings. The Morgan fingerprint density at radius 1 is 1.37 bits per heavy atom. The molecule has 0 aliphatic rings. The lowest BCUT2D eigenvalue weighted by atomic mass is 9.95. The summed E-state index contributed by atoms with van der Waals surface area (Å²) >= 11 is 3.43. The molecule has 0 saturated heterocycles. The van der Waals surface area contributed by atoms with Gasteiger partial charge in [-0.25, -0.2) is 0 Å². The number of ether oxygens (including phenoxy) is 1. The molecule has 106 valence electrons. The van der Waals surface area contributed by atoms with E-state index in [0.717, 1.165) is 29.5 Å². The number of alkyl halides is 1. The predicted molar refractivity (Wildman–Crippen MR) is 81.9 cm³/mol. The average Bonchev–Trinajstić information content (AvgIpc) is 2.39. The van der Waals surface area contributed by atoms with Crippen molar-refractivity contribution >= 4 is 21.8 Å². The summed E-state index contributed by atoms with van der Waals surface area (Å²) in [6, 6.07) is 7.60. The molecule has 0 aliphatic heterocycles. The topological polar surface area (TPSA) is 38.3 Å². The molecule has 3 nitrogen and oxygen atoms in total. The van der Waals surface area contributed by atoms with Gasteiger partial charge in [-0.2, -0.15) is 0 Å². The minimum Gasteiger partial charge on any atom is -0.497 e. The number of benzene rings is 1. The Morgan fingerprint density at radius 2 is 2.00 bits per heavy atom. The van der Waals surface area contributed by atoms with Crippen LogP contribution in [0.5, 0.6) is 5.75 Å². The maximum Gasteiger partial charge on any atom is 0.224 e. The molecule has 0 saturated carbocycles. The molecular formula is C15H22BrNO2. The summed E-state index contributed by atoms with van der Waals surface area (Å²) in [5, 5.41) is 4.01. The van der Waals surface area contributed by atoms with Crippen LogP contribution in [-0.2, 0) is 11.2 Å². The fourth-order valence-corrected chi connectivity index (χ4v) is 2.72. The van der Waals surface area contributed by atoms with Gasteiger partial charge in [-0.3, -0.25) is 4.79 Å². The second-order valence-electron chi connectivity index (χ2n) is 4.93. The van der Waals surface area contributed by atoms with E-state index in [4.69, 9.17) is 4.74 Å². The zero-order chi connectivity index (χ0) is 14.3. The van der Waals surface area contributed by atoms with E-state index >= 15 is 0 Å². The number of carbonyl (C=O) groups excluding carboxylic acids is 1. The molecule has 1 aromatic carbocycles. The molecule has 1 N–H and O–H groups in total. The highest BCUT2D eigenvalue weighted by molar-refractivity contribution is 9.09. The van der Waals surface area contributed by atoms with Crippen LogP contribution in [0.25, 0.3) is 0 Å². The van der Waals surface area contributed by atoms with E-state index in [1.54, 1.807) is 7.11 Å². The van der Waals surface area contributed by atoms with Crippen molar-refractivity contribution in [3.05, 3.63) is 29.8 Å². The maximum absolute atomic E-state index is 12.1. The normalized spacial score (nSPS) is 13.7. The fraction of sp³-hybridized carbons (Fsp3) is 0.533. The second kappa shape index (κ2) is 7.53. The Kier molecular flexibility index (Phi) is 6.35. The number of nitrogens with one attached hydrogen (secondary N) is 1. The third-order valence-corrected chi connectivity index (χ3v) is 3.79. The molecule has 0 heterocycles. The lowest BCUT2D eigenvalue weighted by Gasteiger charge is -2.29. The zero-order valence-corrected chi connectivity index (χ0v) is 13.4. The van der Waals surface area contributed by atoms with Crippen LogP contribution in [0, 0.1) is 0 Å². The molecule has 4 heteroatoms. The first kappa shape index (κ1) is 16.0. The molecule has 1 atom stereocenters. The van der Waals surface area contributed by atoms with Gasteiger partial charge in [0.25, 0.3) is 0 Å². The molecule has 0 radical (unpaired) electrons. The third-order valence-electron chi connectivity index (χ3n) is 3.39. The Balaban J connectivity index is 2.58. The van der Waals surface area contributed by atoms with E-state index in [2.05, 4.69) is 35.1 Å². The summed E-state index contributed by atoms with van der Waals surface area (Å²) in [7, 11) is 1.63. The number of methoxy groups -OCH3 is 1. The van der Waals surface area contributed by atoms with Gasteiger partial charge in [0.05, 0.1) is 13.5 Å². The van der Waals surface area contributed by atoms with Gasteiger partial charge in [0.15, 0.2) is 0 Å². The van der Waals surface area contributed by atoms with E-state index in [0.29, 0.717) is 6.42 Å². The van der Waals surface area contributed by atoms with Gasteiger partial charge in [0, 0.05) is 10.9 Å². The molecule has 0 aromatic heterocycles. The zero-order valence-electron chi connectivity index (χ0n) is 11.8. The standard InChI is InChI=1S/C15H22BrNO2/c1-4-15(2,9-10-16)17-14(18)11-12-5-7-13(19-3)8-6-12/h5-8H,4,9-11H2,1-3H3,(H,17,18). The number of halogens is 1. The van der Waals surface area contributed by atoms with Crippen LogP contribution in [0.1, 0.15) is 32.3 Å². The summed E-state index contributed by atoms with van der Waals surface area (Å²) < 4.78 is 5.10. The van der Waals surface area contributed by atoms with Crippen LogP contribution in [0.15, 0.2) is 24.3 Å². The van der Waals surface area contributed by atoms with Crippen LogP contribution in [0.2, 0.25) is 0 Å². The summed E-state index contributed by atoms with van der Waals surface area (Å²) in [6.07, 6.45) is 2.26. The Morgan fingerprint density at radius 3 is 2.47 bits per heavy atom. The molecule has 1 rings (SSSR count). The molecule has 1 amide bonds. The SMILES string of the molecule is CCC(C)(CCBr)NC(=O)Cc1ccc(OC)cc1. The Labute approximate surface area is 123 Å². The van der Waals surface area contributed by atoms with Crippen molar-refractivity contribution in [3.63, 3.8) is 0 Å². The molecule has 0 bridgehead atoms. The van der Waals surface area contributed by atoms with Crippen molar-refractivity contribution in [2.75, 3.05) is 12.4 Å². The summed E-state index contributed by atoms with van der Waals surface area (Å²) in [5.74, 6) is 0.873. The van der Waals surface area contributed by atoms with Crippen LogP contribution in [0.4, 0.5) is 0 Å². The Hall–Kier alpha value is -1.03. The minimum absolute atomic E-state index is 0.0652. The first-order valence-corrected chi connectivity index (χ1v) is 7.65. The van der Waals surface area contributed by atoms with Gasteiger partial charge < -0.3 is 10.1 Å². The van der Waals surface area contributed by atoms with Crippen LogP contribution in [0.3, 0.4) is 0 Å². The quantitative estimate of drug-likeness (QED) is 0.780. The lowest BCUT2D eigenvalue weighted by molar-refractivity contribution is -0.122. The van der Waals surface area contributed by atoms with Crippen molar-refractivity contribution < 1.29 is 9.53 Å². The highest BCUT2D eigenvalue weighted by Gasteiger charge is 2.23. The van der Waals surface area contributed by atoms with E-state index in [1.165, 1.54) is 0 Å². The molecular weight excluding hydrogens is 306 g/mol. The number of rotatable bonds is 7. The molecule has 1 unspecified atom stereocenters. The van der Waals surface area contributed by atoms with Gasteiger partial charge in [0.2, 0.25) is 5.91 Å². The van der Waals surface area contributed by atoms with Crippen LogP contribution < -0.4 is 10.1 Å². The third kappa shape index (κ3) is 5.23. The van der Waals surface area contributed by atoms with Crippen LogP contribution >= 0.6 is 15.9 Å². The molecule has 0 spiro atoms. The molecule has 0 fully saturated rings. The van der Waals surface area contributed by atoms with Crippen molar-refractivity contribution in [2.45, 2.75) is 38.6 Å². The van der Waals surface area contributed by atoms with E-state index in [9.17, 15) is 4.79 Å². The number of hydrogen-bond donors (Lipinski definition) is 1. The minimum atomic E-state index is -0.132. The fourth-order valence-electron chi connectivity index (χ4n) is 1.85. The number of hydrogen-bond acceptors (Lipinski definition) is 2. The van der Waals surface area contributed by atoms with Crippen molar-refractivity contribution in [2.24, 2.45) is 0 Å². The predicted octanol–water partition coefficient (Wildman–Crippen LogP) is 3.31. The number of carbonyl (C=O) groups is 1. The van der Waals surface area contributed by atoms with Gasteiger partial charge in [-0.15, -0.1) is 0 Å². The Bertz CT molecular complexity index is 405. The van der Waals surface area contributed by atoms with Gasteiger partial charge in [-0.1, -0.05) is 35.0 Å². The first-order valence-electron chi connectivity index (χ1n) is 6.53. The smallest absolute Gasteiger partial charge is 0.224 e. The highest BCUT2D eigenvalue weighted by atomic mass is 79.9. The van der Waals surface area contributed by atoms with E-state index in [-0.39, 0.29) is 11.4 Å². The summed E-state index contributed by atoms with van der Waals surface area (Å²) in [5.41, 5.74) is 0.864. The van der Waals surface area contributed by atoms with E-state index in [1.807, 2.05) is 24.3 Å². The van der Waals surface area contributed by atoms with E-state index < -0.39 is 0 Å². The number of amides is 1. The van der Waals surface area contributed by atoms with Gasteiger partial charge >= 0.3 is 0 Å². The largest absolute Gasteiger partial charge is 0.497 e. The maximum atomic E-state index is 12.1. The summed E-state index contributed by atoms with van der Waals surface area (Å²) in [6.45, 7) is 4.18. The summed E-state index contributed by atoms with van der Waals surface area (Å²) in [4.78, 5) is 12.1. The van der Waals surface area contributed by atoms with Crippen molar-refractivity contribution in [1.29, 1.82) is 0 Å². The molecule has 19 heavy (non-hydrogen) atoms. The van der Waals surface area contributed by atoms with Gasteiger partial charge in [-0.05, 0) is 37.5 Å². The second-order valence-corrected chi connectivity index (χ2v) is 5.72. The van der Waals surface area contributed by atoms with Crippen molar-refractivity contribution in [1.82, 2.24) is 5.32 Å². The average molecular weight is 328 g/mol. The molecule has 0 aliphatic carbocycles. The van der Waals surface area contributed by atoms with Crippen LogP contribution in [-0.4, -0.2) is 23.9 Å². The first-order chi connectivity index (χ1) is 9.03. The van der Waals surface area contributed by atoms with Gasteiger partial charge in [0.1, 0.15) is 5.75 Å². The van der Waals surface area contributed by atoms with Crippen molar-refractivity contribution in [3.8, 4) is 5.75 Å². The highest BCUT2D eigenvalue weighted by Crippen LogP contribution is 2.17.